The van der Waals surface area contributed by atoms with Crippen LogP contribution >= 0.6 is 0 Å². The second-order valence-corrected chi connectivity index (χ2v) is 10.6. The molecule has 3 heterocycles. The summed E-state index contributed by atoms with van der Waals surface area (Å²) in [4.78, 5) is 22.4. The second-order valence-electron chi connectivity index (χ2n) is 10.6. The molecule has 0 spiro atoms. The van der Waals surface area contributed by atoms with Gasteiger partial charge in [-0.05, 0) is 84.8 Å². The van der Waals surface area contributed by atoms with Crippen molar-refractivity contribution < 1.29 is 14.3 Å². The van der Waals surface area contributed by atoms with Crippen LogP contribution in [0.2, 0.25) is 0 Å². The van der Waals surface area contributed by atoms with Crippen LogP contribution in [0.15, 0.2) is 60.8 Å². The van der Waals surface area contributed by atoms with Crippen LogP contribution < -0.4 is 10.1 Å². The quantitative estimate of drug-likeness (QED) is 0.346. The van der Waals surface area contributed by atoms with Gasteiger partial charge in [0.25, 0.3) is 5.91 Å². The van der Waals surface area contributed by atoms with Crippen molar-refractivity contribution in [3.63, 3.8) is 0 Å². The molecule has 7 heteroatoms. The largest absolute Gasteiger partial charge is 0.496 e. The lowest BCUT2D eigenvalue weighted by Gasteiger charge is -2.30. The number of amides is 1. The molecule has 2 aromatic heterocycles. The van der Waals surface area contributed by atoms with Crippen molar-refractivity contribution in [1.29, 1.82) is 5.26 Å². The van der Waals surface area contributed by atoms with Gasteiger partial charge in [0.15, 0.2) is 0 Å². The summed E-state index contributed by atoms with van der Waals surface area (Å²) < 4.78 is 11.3. The number of pyridine rings is 2. The van der Waals surface area contributed by atoms with E-state index in [0.717, 1.165) is 39.0 Å². The number of methoxy groups -OCH3 is 1. The van der Waals surface area contributed by atoms with Crippen LogP contribution in [-0.2, 0) is 23.3 Å². The minimum absolute atomic E-state index is 0.218. The van der Waals surface area contributed by atoms with Crippen molar-refractivity contribution in [3.8, 4) is 23.1 Å². The number of aromatic nitrogens is 2. The predicted octanol–water partition coefficient (Wildman–Crippen LogP) is 5.81. The highest BCUT2D eigenvalue weighted by molar-refractivity contribution is 5.94. The van der Waals surface area contributed by atoms with E-state index in [4.69, 9.17) is 14.5 Å². The average molecular weight is 519 g/mol. The third-order valence-electron chi connectivity index (χ3n) is 8.00. The summed E-state index contributed by atoms with van der Waals surface area (Å²) in [6, 6.07) is 20.1. The maximum absolute atomic E-state index is 13.0. The molecule has 6 rings (SSSR count). The van der Waals surface area contributed by atoms with Crippen LogP contribution in [0.1, 0.15) is 64.8 Å². The van der Waals surface area contributed by atoms with Gasteiger partial charge in [-0.3, -0.25) is 9.78 Å². The van der Waals surface area contributed by atoms with E-state index in [1.165, 1.54) is 24.8 Å². The maximum atomic E-state index is 13.0. The van der Waals surface area contributed by atoms with Crippen LogP contribution in [-0.4, -0.2) is 29.6 Å². The Balaban J connectivity index is 1.21. The van der Waals surface area contributed by atoms with Gasteiger partial charge in [-0.15, -0.1) is 0 Å². The fourth-order valence-electron chi connectivity index (χ4n) is 5.39. The zero-order chi connectivity index (χ0) is 27.0. The number of rotatable bonds is 6. The first-order valence-electron chi connectivity index (χ1n) is 13.3. The minimum atomic E-state index is -0.770. The number of carbonyl (C=O) groups excluding carboxylic acids is 1. The fourth-order valence-corrected chi connectivity index (χ4v) is 5.39. The molecular formula is C32H30N4O3. The molecule has 1 aliphatic carbocycles. The Kier molecular flexibility index (Phi) is 6.49. The molecule has 0 bridgehead atoms. The summed E-state index contributed by atoms with van der Waals surface area (Å²) in [5.41, 5.74) is 6.15. The lowest BCUT2D eigenvalue weighted by atomic mass is 9.79. The Morgan fingerprint density at radius 3 is 2.82 bits per heavy atom. The standard InChI is InChI=1S/C32H30N4O3/c1-32(18-33)19-39-17-24-7-6-22(12-27(24)32)31(37)35-16-25-14-29-23(15-34-25)9-11-28(36-29)26-10-8-21(13-30(26)38-2)20-4-3-5-20/h6-15,20H,3-5,16-17,19H2,1-2H3,(H,35,37)/t32-/m1/s1. The van der Waals surface area contributed by atoms with Crippen LogP contribution in [0.5, 0.6) is 5.75 Å². The minimum Gasteiger partial charge on any atom is -0.496 e. The Morgan fingerprint density at radius 1 is 1.18 bits per heavy atom. The van der Waals surface area contributed by atoms with Crippen LogP contribution in [0.3, 0.4) is 0 Å². The zero-order valence-corrected chi connectivity index (χ0v) is 22.2. The lowest BCUT2D eigenvalue weighted by molar-refractivity contribution is 0.0757. The Bertz CT molecular complexity index is 1620. The number of benzene rings is 2. The van der Waals surface area contributed by atoms with Crippen molar-refractivity contribution in [3.05, 3.63) is 88.7 Å². The molecule has 0 unspecified atom stereocenters. The summed E-state index contributed by atoms with van der Waals surface area (Å²) in [6.07, 6.45) is 5.55. The predicted molar refractivity (Wildman–Crippen MR) is 148 cm³/mol. The number of carbonyl (C=O) groups is 1. The van der Waals surface area contributed by atoms with E-state index in [9.17, 15) is 10.1 Å². The summed E-state index contributed by atoms with van der Waals surface area (Å²) in [6.45, 7) is 2.86. The molecule has 1 atom stereocenters. The number of nitrogens with zero attached hydrogens (tertiary/aromatic N) is 3. The van der Waals surface area contributed by atoms with E-state index in [2.05, 4.69) is 34.6 Å². The smallest absolute Gasteiger partial charge is 0.251 e. The van der Waals surface area contributed by atoms with Gasteiger partial charge in [0.2, 0.25) is 0 Å². The normalized spacial score (nSPS) is 18.6. The van der Waals surface area contributed by atoms with Gasteiger partial charge in [-0.2, -0.15) is 5.26 Å². The molecule has 1 aliphatic heterocycles. The van der Waals surface area contributed by atoms with E-state index in [-0.39, 0.29) is 12.5 Å². The highest BCUT2D eigenvalue weighted by Crippen LogP contribution is 2.40. The van der Waals surface area contributed by atoms with Crippen molar-refractivity contribution >= 4 is 16.8 Å². The summed E-state index contributed by atoms with van der Waals surface area (Å²) in [7, 11) is 1.70. The third kappa shape index (κ3) is 4.73. The number of hydrogen-bond donors (Lipinski definition) is 1. The Morgan fingerprint density at radius 2 is 2.05 bits per heavy atom. The molecule has 7 nitrogen and oxygen atoms in total. The number of hydrogen-bond acceptors (Lipinski definition) is 6. The van der Waals surface area contributed by atoms with E-state index in [1.54, 1.807) is 19.4 Å². The topological polar surface area (TPSA) is 97.1 Å². The van der Waals surface area contributed by atoms with Gasteiger partial charge >= 0.3 is 0 Å². The van der Waals surface area contributed by atoms with Crippen molar-refractivity contribution in [2.75, 3.05) is 13.7 Å². The Labute approximate surface area is 227 Å². The van der Waals surface area contributed by atoms with Gasteiger partial charge in [-0.1, -0.05) is 18.6 Å². The molecule has 1 saturated carbocycles. The van der Waals surface area contributed by atoms with Gasteiger partial charge in [-0.25, -0.2) is 4.98 Å². The van der Waals surface area contributed by atoms with Crippen molar-refractivity contribution in [2.45, 2.75) is 50.7 Å². The molecule has 1 amide bonds. The highest BCUT2D eigenvalue weighted by atomic mass is 16.5. The van der Waals surface area contributed by atoms with Gasteiger partial charge in [0, 0.05) is 22.7 Å². The van der Waals surface area contributed by atoms with Gasteiger partial charge < -0.3 is 14.8 Å². The van der Waals surface area contributed by atoms with Crippen molar-refractivity contribution in [1.82, 2.24) is 15.3 Å². The molecule has 0 radical (unpaired) electrons. The van der Waals surface area contributed by atoms with Crippen molar-refractivity contribution in [2.24, 2.45) is 0 Å². The zero-order valence-electron chi connectivity index (χ0n) is 22.2. The van der Waals surface area contributed by atoms with E-state index in [0.29, 0.717) is 30.4 Å². The maximum Gasteiger partial charge on any atom is 0.251 e. The van der Waals surface area contributed by atoms with Gasteiger partial charge in [0.05, 0.1) is 49.8 Å². The molecule has 196 valence electrons. The molecule has 2 aromatic carbocycles. The summed E-state index contributed by atoms with van der Waals surface area (Å²) in [5.74, 6) is 1.24. The highest BCUT2D eigenvalue weighted by Gasteiger charge is 2.33. The van der Waals surface area contributed by atoms with Crippen LogP contribution in [0, 0.1) is 11.3 Å². The first-order valence-corrected chi connectivity index (χ1v) is 13.3. The van der Waals surface area contributed by atoms with Gasteiger partial charge in [0.1, 0.15) is 11.2 Å². The van der Waals surface area contributed by atoms with Crippen LogP contribution in [0.25, 0.3) is 22.2 Å². The molecule has 2 aliphatic rings. The average Bonchev–Trinajstić information content (AvgIpc) is 2.94. The monoisotopic (exact) mass is 518 g/mol. The van der Waals surface area contributed by atoms with Crippen LogP contribution in [0.4, 0.5) is 0 Å². The summed E-state index contributed by atoms with van der Waals surface area (Å²) >= 11 is 0. The third-order valence-corrected chi connectivity index (χ3v) is 8.00. The molecular weight excluding hydrogens is 488 g/mol. The number of ether oxygens (including phenoxy) is 2. The lowest BCUT2D eigenvalue weighted by Crippen LogP contribution is -2.33. The first kappa shape index (κ1) is 25.0. The first-order chi connectivity index (χ1) is 19.0. The summed E-state index contributed by atoms with van der Waals surface area (Å²) in [5, 5.41) is 13.6. The molecule has 0 saturated heterocycles. The van der Waals surface area contributed by atoms with E-state index < -0.39 is 5.41 Å². The SMILES string of the molecule is COc1cc(C2CCC2)ccc1-c1ccc2cnc(CNC(=O)c3ccc4c(c3)[C@](C)(C#N)COC4)cc2n1. The Hall–Kier alpha value is -4.28. The molecule has 1 N–H and O–H groups in total. The second kappa shape index (κ2) is 10.1. The fraction of sp³-hybridized carbons (Fsp3) is 0.312. The molecule has 39 heavy (non-hydrogen) atoms. The number of nitrogens with one attached hydrogen (secondary N) is 1. The van der Waals surface area contributed by atoms with E-state index >= 15 is 0 Å². The number of nitriles is 1. The number of fused-ring (bicyclic) bond motifs is 2. The van der Waals surface area contributed by atoms with E-state index in [1.807, 2.05) is 37.3 Å². The molecule has 4 aromatic rings. The molecule has 1 fully saturated rings.